The van der Waals surface area contributed by atoms with Crippen LogP contribution in [0.2, 0.25) is 0 Å². The summed E-state index contributed by atoms with van der Waals surface area (Å²) in [5.41, 5.74) is 6.23. The SMILES string of the molecule is CCCCOc1nc(N)c2[nH]c(=O)n(CCN[C@@H](C)C(=O)Oc3ccc(O)cc3)c2n1. The number of nitrogen functional groups attached to an aromatic ring is 1. The quantitative estimate of drug-likeness (QED) is 0.210. The number of carbonyl (C=O) groups excluding carboxylic acids is 1. The largest absolute Gasteiger partial charge is 0.508 e. The second kappa shape index (κ2) is 9.94. The lowest BCUT2D eigenvalue weighted by Crippen LogP contribution is -2.39. The molecule has 2 aromatic heterocycles. The molecule has 0 saturated carbocycles. The van der Waals surface area contributed by atoms with Crippen molar-refractivity contribution in [2.75, 3.05) is 18.9 Å². The van der Waals surface area contributed by atoms with Gasteiger partial charge in [0.1, 0.15) is 23.1 Å². The molecule has 0 aliphatic carbocycles. The van der Waals surface area contributed by atoms with Crippen molar-refractivity contribution >= 4 is 23.0 Å². The number of ether oxygens (including phenoxy) is 2. The van der Waals surface area contributed by atoms with Crippen molar-refractivity contribution in [1.29, 1.82) is 0 Å². The molecule has 2 heterocycles. The van der Waals surface area contributed by atoms with Gasteiger partial charge in [0.25, 0.3) is 0 Å². The number of nitrogens with zero attached hydrogens (tertiary/aromatic N) is 3. The lowest BCUT2D eigenvalue weighted by atomic mass is 10.3. The number of carbonyl (C=O) groups is 1. The fourth-order valence-corrected chi connectivity index (χ4v) is 2.81. The van der Waals surface area contributed by atoms with Crippen LogP contribution < -0.4 is 26.2 Å². The first-order chi connectivity index (χ1) is 14.9. The average Bonchev–Trinajstić information content (AvgIpc) is 3.06. The van der Waals surface area contributed by atoms with Crippen LogP contribution in [0.25, 0.3) is 11.2 Å². The van der Waals surface area contributed by atoms with Gasteiger partial charge in [0, 0.05) is 13.1 Å². The predicted molar refractivity (Wildman–Crippen MR) is 114 cm³/mol. The highest BCUT2D eigenvalue weighted by Crippen LogP contribution is 2.18. The van der Waals surface area contributed by atoms with E-state index in [1.54, 1.807) is 6.92 Å². The second-order valence-electron chi connectivity index (χ2n) is 6.96. The first kappa shape index (κ1) is 22.1. The van der Waals surface area contributed by atoms with Gasteiger partial charge in [-0.3, -0.25) is 4.57 Å². The summed E-state index contributed by atoms with van der Waals surface area (Å²) in [6, 6.07) is 5.34. The molecule has 3 rings (SSSR count). The number of anilines is 1. The van der Waals surface area contributed by atoms with E-state index in [1.165, 1.54) is 28.8 Å². The summed E-state index contributed by atoms with van der Waals surface area (Å²) in [6.07, 6.45) is 1.81. The predicted octanol–water partition coefficient (Wildman–Crippen LogP) is 1.17. The van der Waals surface area contributed by atoms with Crippen molar-refractivity contribution in [3.05, 3.63) is 34.7 Å². The van der Waals surface area contributed by atoms with Crippen LogP contribution in [0.1, 0.15) is 26.7 Å². The van der Waals surface area contributed by atoms with Crippen LogP contribution in [0.15, 0.2) is 29.1 Å². The Kier molecular flexibility index (Phi) is 7.08. The third kappa shape index (κ3) is 5.51. The van der Waals surface area contributed by atoms with Gasteiger partial charge in [0.15, 0.2) is 11.5 Å². The smallest absolute Gasteiger partial charge is 0.328 e. The number of phenolic OH excluding ortho intramolecular Hbond substituents is 1. The van der Waals surface area contributed by atoms with Crippen molar-refractivity contribution in [3.8, 4) is 17.5 Å². The number of nitrogens with two attached hydrogens (primary N) is 1. The molecule has 0 aliphatic heterocycles. The molecule has 11 heteroatoms. The van der Waals surface area contributed by atoms with Crippen molar-refractivity contribution in [1.82, 2.24) is 24.8 Å². The van der Waals surface area contributed by atoms with Gasteiger partial charge in [-0.1, -0.05) is 13.3 Å². The zero-order valence-corrected chi connectivity index (χ0v) is 17.4. The first-order valence-corrected chi connectivity index (χ1v) is 10.0. The number of fused-ring (bicyclic) bond motifs is 1. The minimum Gasteiger partial charge on any atom is -0.508 e. The summed E-state index contributed by atoms with van der Waals surface area (Å²) < 4.78 is 12.2. The Morgan fingerprint density at radius 2 is 2.06 bits per heavy atom. The Morgan fingerprint density at radius 3 is 2.77 bits per heavy atom. The zero-order valence-electron chi connectivity index (χ0n) is 17.4. The van der Waals surface area contributed by atoms with E-state index in [9.17, 15) is 14.7 Å². The molecule has 31 heavy (non-hydrogen) atoms. The van der Waals surface area contributed by atoms with E-state index in [0.717, 1.165) is 12.8 Å². The topological polar surface area (TPSA) is 157 Å². The number of esters is 1. The molecule has 0 unspecified atom stereocenters. The number of unbranched alkanes of at least 4 members (excludes halogenated alkanes) is 1. The molecule has 5 N–H and O–H groups in total. The number of hydrogen-bond acceptors (Lipinski definition) is 9. The van der Waals surface area contributed by atoms with Crippen molar-refractivity contribution in [2.24, 2.45) is 0 Å². The van der Waals surface area contributed by atoms with Gasteiger partial charge in [-0.05, 0) is 37.6 Å². The third-order valence-corrected chi connectivity index (χ3v) is 4.55. The minimum atomic E-state index is -0.623. The maximum absolute atomic E-state index is 12.3. The Balaban J connectivity index is 1.63. The van der Waals surface area contributed by atoms with E-state index in [0.29, 0.717) is 30.1 Å². The number of hydrogen-bond donors (Lipinski definition) is 4. The number of H-pyrrole nitrogens is 1. The lowest BCUT2D eigenvalue weighted by molar-refractivity contribution is -0.136. The van der Waals surface area contributed by atoms with E-state index in [-0.39, 0.29) is 29.8 Å². The summed E-state index contributed by atoms with van der Waals surface area (Å²) >= 11 is 0. The Hall–Kier alpha value is -3.60. The molecule has 1 aromatic carbocycles. The summed E-state index contributed by atoms with van der Waals surface area (Å²) in [7, 11) is 0. The highest BCUT2D eigenvalue weighted by atomic mass is 16.5. The number of rotatable bonds is 10. The molecular formula is C20H26N6O5. The number of benzene rings is 1. The van der Waals surface area contributed by atoms with Gasteiger partial charge in [0.05, 0.1) is 6.61 Å². The lowest BCUT2D eigenvalue weighted by Gasteiger charge is -2.13. The van der Waals surface area contributed by atoms with Gasteiger partial charge in [0.2, 0.25) is 0 Å². The van der Waals surface area contributed by atoms with E-state index in [1.807, 2.05) is 6.92 Å². The van der Waals surface area contributed by atoms with Gasteiger partial charge in [-0.2, -0.15) is 9.97 Å². The maximum Gasteiger partial charge on any atom is 0.328 e. The number of aromatic amines is 1. The highest BCUT2D eigenvalue weighted by Gasteiger charge is 2.17. The molecule has 0 radical (unpaired) electrons. The number of imidazole rings is 1. The molecule has 0 fully saturated rings. The number of nitrogens with one attached hydrogen (secondary N) is 2. The molecule has 3 aromatic rings. The molecule has 166 valence electrons. The molecule has 0 saturated heterocycles. The van der Waals surface area contributed by atoms with Crippen LogP contribution in [0.4, 0.5) is 5.82 Å². The van der Waals surface area contributed by atoms with Crippen molar-refractivity contribution in [3.63, 3.8) is 0 Å². The van der Waals surface area contributed by atoms with E-state index in [4.69, 9.17) is 15.2 Å². The molecule has 11 nitrogen and oxygen atoms in total. The van der Waals surface area contributed by atoms with Gasteiger partial charge < -0.3 is 30.6 Å². The van der Waals surface area contributed by atoms with Gasteiger partial charge in [-0.15, -0.1) is 0 Å². The molecular weight excluding hydrogens is 404 g/mol. The molecule has 0 bridgehead atoms. The van der Waals surface area contributed by atoms with Crippen molar-refractivity contribution < 1.29 is 19.4 Å². The van der Waals surface area contributed by atoms with Crippen LogP contribution in [0.5, 0.6) is 17.5 Å². The Bertz CT molecular complexity index is 1090. The highest BCUT2D eigenvalue weighted by molar-refractivity contribution is 5.82. The standard InChI is InChI=1S/C20H26N6O5/c1-3-4-11-30-19-24-16(21)15-17(25-19)26(20(29)23-15)10-9-22-12(2)18(28)31-14-7-5-13(27)6-8-14/h5-8,12,22,27H,3-4,9-11H2,1-2H3,(H,23,29)(H2,21,24,25)/t12-/m0/s1. The molecule has 0 aliphatic rings. The van der Waals surface area contributed by atoms with Crippen LogP contribution in [0.3, 0.4) is 0 Å². The van der Waals surface area contributed by atoms with E-state index >= 15 is 0 Å². The number of phenols is 1. The average molecular weight is 430 g/mol. The summed E-state index contributed by atoms with van der Waals surface area (Å²) in [5, 5.41) is 12.3. The monoisotopic (exact) mass is 430 g/mol. The molecule has 0 amide bonds. The number of aromatic hydroxyl groups is 1. The normalized spacial score (nSPS) is 12.1. The van der Waals surface area contributed by atoms with Crippen molar-refractivity contribution in [2.45, 2.75) is 39.3 Å². The van der Waals surface area contributed by atoms with E-state index in [2.05, 4.69) is 20.3 Å². The fourth-order valence-electron chi connectivity index (χ4n) is 2.81. The van der Waals surface area contributed by atoms with Crippen LogP contribution in [-0.4, -0.2) is 49.8 Å². The molecule has 0 spiro atoms. The second-order valence-corrected chi connectivity index (χ2v) is 6.96. The van der Waals surface area contributed by atoms with E-state index < -0.39 is 12.0 Å². The number of aromatic nitrogens is 4. The van der Waals surface area contributed by atoms with Crippen LogP contribution in [-0.2, 0) is 11.3 Å². The van der Waals surface area contributed by atoms with Crippen LogP contribution in [0, 0.1) is 0 Å². The fraction of sp³-hybridized carbons (Fsp3) is 0.400. The zero-order chi connectivity index (χ0) is 22.4. The first-order valence-electron chi connectivity index (χ1n) is 10.0. The molecule has 1 atom stereocenters. The minimum absolute atomic E-state index is 0.0820. The summed E-state index contributed by atoms with van der Waals surface area (Å²) in [6.45, 7) is 4.69. The third-order valence-electron chi connectivity index (χ3n) is 4.55. The Labute approximate surface area is 178 Å². The summed E-state index contributed by atoms with van der Waals surface area (Å²) in [4.78, 5) is 35.6. The van der Waals surface area contributed by atoms with Gasteiger partial charge in [-0.25, -0.2) is 9.59 Å². The van der Waals surface area contributed by atoms with Gasteiger partial charge >= 0.3 is 17.7 Å². The maximum atomic E-state index is 12.3. The Morgan fingerprint density at radius 1 is 1.32 bits per heavy atom. The van der Waals surface area contributed by atoms with Crippen LogP contribution >= 0.6 is 0 Å². The summed E-state index contributed by atoms with van der Waals surface area (Å²) in [5.74, 6) is 0.0480.